The van der Waals surface area contributed by atoms with E-state index < -0.39 is 0 Å². The van der Waals surface area contributed by atoms with E-state index in [-0.39, 0.29) is 5.41 Å². The minimum Gasteiger partial charge on any atom is -0.262 e. The van der Waals surface area contributed by atoms with Gasteiger partial charge in [0.1, 0.15) is 16.9 Å². The van der Waals surface area contributed by atoms with Crippen molar-refractivity contribution in [3.05, 3.63) is 133 Å². The van der Waals surface area contributed by atoms with Crippen molar-refractivity contribution in [3.8, 4) is 34.4 Å². The van der Waals surface area contributed by atoms with Crippen LogP contribution in [0.2, 0.25) is 0 Å². The van der Waals surface area contributed by atoms with Crippen LogP contribution < -0.4 is 0 Å². The Morgan fingerprint density at radius 2 is 1.00 bits per heavy atom. The number of hydrogen-bond acceptors (Lipinski definition) is 6. The third-order valence-electron chi connectivity index (χ3n) is 9.55. The molecular weight excluding hydrogens is 580 g/mol. The van der Waals surface area contributed by atoms with Gasteiger partial charge in [0.15, 0.2) is 5.82 Å². The van der Waals surface area contributed by atoms with Crippen molar-refractivity contribution in [2.24, 2.45) is 0 Å². The maximum atomic E-state index is 5.27. The summed E-state index contributed by atoms with van der Waals surface area (Å²) in [6.07, 6.45) is 5.40. The van der Waals surface area contributed by atoms with Crippen LogP contribution in [-0.4, -0.2) is 39.0 Å². The molecule has 8 nitrogen and oxygen atoms in total. The van der Waals surface area contributed by atoms with Gasteiger partial charge in [-0.3, -0.25) is 4.57 Å². The summed E-state index contributed by atoms with van der Waals surface area (Å²) in [5.41, 5.74) is 8.84. The summed E-state index contributed by atoms with van der Waals surface area (Å²) in [7, 11) is 0. The van der Waals surface area contributed by atoms with Gasteiger partial charge < -0.3 is 0 Å². The highest BCUT2D eigenvalue weighted by Gasteiger charge is 2.38. The van der Waals surface area contributed by atoms with Crippen LogP contribution in [0.4, 0.5) is 0 Å². The zero-order chi connectivity index (χ0) is 31.3. The molecule has 0 fully saturated rings. The van der Waals surface area contributed by atoms with Crippen LogP contribution in [0.25, 0.3) is 78.4 Å². The van der Waals surface area contributed by atoms with E-state index in [1.54, 1.807) is 12.4 Å². The lowest BCUT2D eigenvalue weighted by Gasteiger charge is -2.24. The monoisotopic (exact) mass is 606 g/mol. The minimum absolute atomic E-state index is 0.264. The SMILES string of the molecule is CC1(C)c2ccccc2-c2cccc(-c3nc(-n4c5ccccc5c5cccnc54)nc(-n4c5ncccc5c5cccnc54)n3)c21. The Kier molecular flexibility index (Phi) is 5.18. The van der Waals surface area contributed by atoms with Gasteiger partial charge in [-0.25, -0.2) is 19.5 Å². The highest BCUT2D eigenvalue weighted by atomic mass is 15.3. The number of hydrogen-bond donors (Lipinski definition) is 0. The quantitative estimate of drug-likeness (QED) is 0.201. The molecule has 1 aliphatic rings. The average molecular weight is 607 g/mol. The normalized spacial score (nSPS) is 13.5. The Labute approximate surface area is 269 Å². The first-order valence-corrected chi connectivity index (χ1v) is 15.6. The second-order valence-electron chi connectivity index (χ2n) is 12.5. The van der Waals surface area contributed by atoms with E-state index in [0.29, 0.717) is 17.7 Å². The molecule has 0 atom stereocenters. The van der Waals surface area contributed by atoms with Crippen molar-refractivity contribution in [3.63, 3.8) is 0 Å². The summed E-state index contributed by atoms with van der Waals surface area (Å²) < 4.78 is 3.99. The van der Waals surface area contributed by atoms with Crippen LogP contribution in [-0.2, 0) is 5.41 Å². The molecule has 6 heterocycles. The number of benzene rings is 3. The molecule has 3 aromatic carbocycles. The smallest absolute Gasteiger partial charge is 0.242 e. The molecule has 222 valence electrons. The maximum Gasteiger partial charge on any atom is 0.242 e. The molecule has 1 aliphatic carbocycles. The summed E-state index contributed by atoms with van der Waals surface area (Å²) in [6.45, 7) is 4.56. The number of fused-ring (bicyclic) bond motifs is 9. The predicted molar refractivity (Wildman–Crippen MR) is 185 cm³/mol. The number of aromatic nitrogens is 8. The molecule has 0 aliphatic heterocycles. The third-order valence-corrected chi connectivity index (χ3v) is 9.55. The van der Waals surface area contributed by atoms with Crippen molar-refractivity contribution in [2.45, 2.75) is 19.3 Å². The largest absolute Gasteiger partial charge is 0.262 e. The summed E-state index contributed by atoms with van der Waals surface area (Å²) in [5.74, 6) is 1.49. The predicted octanol–water partition coefficient (Wildman–Crippen LogP) is 8.22. The molecule has 10 rings (SSSR count). The molecule has 0 amide bonds. The Bertz CT molecular complexity index is 2500. The molecule has 0 spiro atoms. The van der Waals surface area contributed by atoms with Gasteiger partial charge in [0.2, 0.25) is 11.9 Å². The first kappa shape index (κ1) is 26.0. The van der Waals surface area contributed by atoms with Crippen molar-refractivity contribution >= 4 is 44.0 Å². The summed E-state index contributed by atoms with van der Waals surface area (Å²) >= 11 is 0. The van der Waals surface area contributed by atoms with Crippen molar-refractivity contribution in [1.82, 2.24) is 39.0 Å². The van der Waals surface area contributed by atoms with Crippen LogP contribution in [0.3, 0.4) is 0 Å². The van der Waals surface area contributed by atoms with Crippen LogP contribution in [0, 0.1) is 0 Å². The highest BCUT2D eigenvalue weighted by Crippen LogP contribution is 2.51. The topological polar surface area (TPSA) is 87.2 Å². The molecule has 6 aromatic heterocycles. The molecule has 0 bridgehead atoms. The molecular formula is C39H26N8. The molecule has 0 saturated heterocycles. The number of pyridine rings is 3. The summed E-state index contributed by atoms with van der Waals surface area (Å²) in [5, 5.41) is 4.07. The lowest BCUT2D eigenvalue weighted by Crippen LogP contribution is -2.17. The van der Waals surface area contributed by atoms with Crippen molar-refractivity contribution in [1.29, 1.82) is 0 Å². The van der Waals surface area contributed by atoms with Gasteiger partial charge in [-0.1, -0.05) is 74.5 Å². The Hall–Kier alpha value is -6.28. The standard InChI is InChI=1S/C39H26N8/c1-39(2)30-18-5-3-11-23(30)25-13-7-14-29(32(25)39)33-43-37(46-31-19-6-4-12-24(31)26-15-8-20-40-34(26)46)45-38(44-33)47-35-27(16-9-21-41-35)28-17-10-22-42-36(28)47/h3-22H,1-2H3. The second kappa shape index (κ2) is 9.37. The molecule has 8 heteroatoms. The zero-order valence-corrected chi connectivity index (χ0v) is 25.6. The lowest BCUT2D eigenvalue weighted by atomic mass is 9.80. The van der Waals surface area contributed by atoms with Gasteiger partial charge in [-0.15, -0.1) is 0 Å². The molecule has 0 saturated carbocycles. The van der Waals surface area contributed by atoms with Crippen LogP contribution in [0.1, 0.15) is 25.0 Å². The molecule has 0 N–H and O–H groups in total. The third kappa shape index (κ3) is 3.52. The fourth-order valence-corrected chi connectivity index (χ4v) is 7.57. The maximum absolute atomic E-state index is 5.27. The Morgan fingerprint density at radius 1 is 0.468 bits per heavy atom. The molecule has 0 radical (unpaired) electrons. The van der Waals surface area contributed by atoms with E-state index in [9.17, 15) is 0 Å². The first-order valence-electron chi connectivity index (χ1n) is 15.6. The Morgan fingerprint density at radius 3 is 1.72 bits per heavy atom. The van der Waals surface area contributed by atoms with Gasteiger partial charge in [-0.2, -0.15) is 15.0 Å². The second-order valence-corrected chi connectivity index (χ2v) is 12.5. The van der Waals surface area contributed by atoms with Gasteiger partial charge >= 0.3 is 0 Å². The Balaban J connectivity index is 1.34. The van der Waals surface area contributed by atoms with E-state index >= 15 is 0 Å². The lowest BCUT2D eigenvalue weighted by molar-refractivity contribution is 0.661. The number of nitrogens with zero attached hydrogens (tertiary/aromatic N) is 8. The fourth-order valence-electron chi connectivity index (χ4n) is 7.57. The fraction of sp³-hybridized carbons (Fsp3) is 0.0769. The molecule has 0 unspecified atom stereocenters. The minimum atomic E-state index is -0.264. The number of rotatable bonds is 3. The van der Waals surface area contributed by atoms with E-state index in [1.165, 1.54) is 22.3 Å². The van der Waals surface area contributed by atoms with Crippen molar-refractivity contribution < 1.29 is 0 Å². The van der Waals surface area contributed by atoms with Gasteiger partial charge in [-0.05, 0) is 64.7 Å². The molecule has 9 aromatic rings. The van der Waals surface area contributed by atoms with E-state index in [4.69, 9.17) is 29.9 Å². The zero-order valence-electron chi connectivity index (χ0n) is 25.6. The van der Waals surface area contributed by atoms with E-state index in [0.717, 1.165) is 49.6 Å². The molecule has 47 heavy (non-hydrogen) atoms. The van der Waals surface area contributed by atoms with Crippen LogP contribution in [0.15, 0.2) is 122 Å². The summed E-state index contributed by atoms with van der Waals surface area (Å²) in [6, 6.07) is 35.4. The highest BCUT2D eigenvalue weighted by molar-refractivity contribution is 6.08. The van der Waals surface area contributed by atoms with Gasteiger partial charge in [0.05, 0.1) is 5.52 Å². The number of para-hydroxylation sites is 1. The summed E-state index contributed by atoms with van der Waals surface area (Å²) in [4.78, 5) is 30.1. The van der Waals surface area contributed by atoms with E-state index in [1.807, 2.05) is 45.7 Å². The van der Waals surface area contributed by atoms with E-state index in [2.05, 4.69) is 86.6 Å². The first-order chi connectivity index (χ1) is 23.1. The van der Waals surface area contributed by atoms with Gasteiger partial charge in [0.25, 0.3) is 0 Å². The van der Waals surface area contributed by atoms with Crippen molar-refractivity contribution in [2.75, 3.05) is 0 Å². The van der Waals surface area contributed by atoms with Crippen LogP contribution >= 0.6 is 0 Å². The van der Waals surface area contributed by atoms with Crippen LogP contribution in [0.5, 0.6) is 0 Å². The average Bonchev–Trinajstić information content (AvgIpc) is 3.72. The van der Waals surface area contributed by atoms with Gasteiger partial charge in [0, 0.05) is 51.1 Å².